The van der Waals surface area contributed by atoms with Gasteiger partial charge in [-0.2, -0.15) is 0 Å². The lowest BCUT2D eigenvalue weighted by molar-refractivity contribution is -0.140. The second-order valence-electron chi connectivity index (χ2n) is 4.41. The number of halogens is 1. The van der Waals surface area contributed by atoms with Gasteiger partial charge in [-0.15, -0.1) is 0 Å². The van der Waals surface area contributed by atoms with Crippen LogP contribution in [-0.4, -0.2) is 23.0 Å². The van der Waals surface area contributed by atoms with Crippen LogP contribution in [0.2, 0.25) is 5.02 Å². The zero-order valence-corrected chi connectivity index (χ0v) is 11.6. The highest BCUT2D eigenvalue weighted by Gasteiger charge is 2.25. The van der Waals surface area contributed by atoms with Crippen molar-refractivity contribution < 1.29 is 14.7 Å². The number of carbonyl (C=O) groups excluding carboxylic acids is 1. The van der Waals surface area contributed by atoms with Crippen LogP contribution in [0.1, 0.15) is 30.6 Å². The van der Waals surface area contributed by atoms with E-state index < -0.39 is 17.9 Å². The maximum atomic E-state index is 12.0. The van der Waals surface area contributed by atoms with Gasteiger partial charge in [0.05, 0.1) is 10.7 Å². The van der Waals surface area contributed by atoms with Crippen molar-refractivity contribution in [3.05, 3.63) is 28.8 Å². The van der Waals surface area contributed by atoms with E-state index in [1.165, 1.54) is 18.2 Å². The number of nitrogens with one attached hydrogen (secondary N) is 1. The van der Waals surface area contributed by atoms with Crippen molar-refractivity contribution in [3.63, 3.8) is 0 Å². The molecule has 0 aromatic heterocycles. The lowest BCUT2D eigenvalue weighted by Crippen LogP contribution is -2.45. The van der Waals surface area contributed by atoms with Crippen molar-refractivity contribution in [2.75, 3.05) is 5.73 Å². The molecule has 0 aliphatic heterocycles. The van der Waals surface area contributed by atoms with E-state index in [0.717, 1.165) is 0 Å². The van der Waals surface area contributed by atoms with Crippen molar-refractivity contribution in [2.24, 2.45) is 5.92 Å². The molecule has 0 saturated heterocycles. The molecule has 0 bridgehead atoms. The minimum atomic E-state index is -1.05. The molecule has 0 spiro atoms. The average Bonchev–Trinajstić information content (AvgIpc) is 2.37. The summed E-state index contributed by atoms with van der Waals surface area (Å²) in [6, 6.07) is 3.51. The van der Waals surface area contributed by atoms with Gasteiger partial charge in [0.1, 0.15) is 6.04 Å². The molecule has 1 aromatic rings. The zero-order valence-electron chi connectivity index (χ0n) is 10.8. The third kappa shape index (κ3) is 3.86. The average molecular weight is 285 g/mol. The van der Waals surface area contributed by atoms with Gasteiger partial charge >= 0.3 is 5.97 Å². The SMILES string of the molecule is CCC(C)[C@H](NC(=O)c1ccc(Cl)c(N)c1)C(=O)O. The number of hydrogen-bond donors (Lipinski definition) is 3. The molecule has 2 atom stereocenters. The number of aliphatic carboxylic acids is 1. The molecule has 0 heterocycles. The molecule has 0 radical (unpaired) electrons. The van der Waals surface area contributed by atoms with E-state index in [9.17, 15) is 9.59 Å². The quantitative estimate of drug-likeness (QED) is 0.722. The summed E-state index contributed by atoms with van der Waals surface area (Å²) in [6.45, 7) is 3.64. The number of amides is 1. The molecule has 0 aliphatic carbocycles. The summed E-state index contributed by atoms with van der Waals surface area (Å²) in [5, 5.41) is 12.0. The molecule has 0 fully saturated rings. The first-order valence-electron chi connectivity index (χ1n) is 5.95. The predicted octanol–water partition coefficient (Wildman–Crippen LogP) is 2.15. The van der Waals surface area contributed by atoms with Gasteiger partial charge in [0.2, 0.25) is 0 Å². The molecule has 0 saturated carbocycles. The van der Waals surface area contributed by atoms with Crippen molar-refractivity contribution >= 4 is 29.2 Å². The summed E-state index contributed by atoms with van der Waals surface area (Å²) in [5.41, 5.74) is 6.18. The van der Waals surface area contributed by atoms with Gasteiger partial charge in [0, 0.05) is 5.56 Å². The highest BCUT2D eigenvalue weighted by molar-refractivity contribution is 6.33. The normalized spacial score (nSPS) is 13.6. The van der Waals surface area contributed by atoms with Gasteiger partial charge in [-0.25, -0.2) is 4.79 Å². The molecular formula is C13H17ClN2O3. The first-order valence-corrected chi connectivity index (χ1v) is 6.33. The van der Waals surface area contributed by atoms with Crippen LogP contribution < -0.4 is 11.1 Å². The molecule has 1 rings (SSSR count). The van der Waals surface area contributed by atoms with Crippen LogP contribution in [0.3, 0.4) is 0 Å². The molecule has 1 unspecified atom stereocenters. The smallest absolute Gasteiger partial charge is 0.326 e. The lowest BCUT2D eigenvalue weighted by Gasteiger charge is -2.20. The Morgan fingerprint density at radius 1 is 1.47 bits per heavy atom. The van der Waals surface area contributed by atoms with E-state index in [1.807, 2.05) is 6.92 Å². The number of nitrogens with two attached hydrogens (primary N) is 1. The largest absolute Gasteiger partial charge is 0.480 e. The van der Waals surface area contributed by atoms with Gasteiger partial charge in [0.15, 0.2) is 0 Å². The van der Waals surface area contributed by atoms with Crippen molar-refractivity contribution in [1.29, 1.82) is 0 Å². The van der Waals surface area contributed by atoms with Crippen molar-refractivity contribution in [1.82, 2.24) is 5.32 Å². The van der Waals surface area contributed by atoms with Gasteiger partial charge in [-0.05, 0) is 24.1 Å². The maximum Gasteiger partial charge on any atom is 0.326 e. The number of carbonyl (C=O) groups is 2. The Hall–Kier alpha value is -1.75. The van der Waals surface area contributed by atoms with Crippen LogP contribution in [-0.2, 0) is 4.79 Å². The minimum Gasteiger partial charge on any atom is -0.480 e. The number of nitrogen functional groups attached to an aromatic ring is 1. The van der Waals surface area contributed by atoms with Gasteiger partial charge < -0.3 is 16.2 Å². The van der Waals surface area contributed by atoms with E-state index >= 15 is 0 Å². The highest BCUT2D eigenvalue weighted by Crippen LogP contribution is 2.19. The van der Waals surface area contributed by atoms with E-state index in [2.05, 4.69) is 5.32 Å². The van der Waals surface area contributed by atoms with Crippen LogP contribution in [0.15, 0.2) is 18.2 Å². The molecule has 1 amide bonds. The first kappa shape index (κ1) is 15.3. The Labute approximate surface area is 116 Å². The number of anilines is 1. The molecule has 19 heavy (non-hydrogen) atoms. The summed E-state index contributed by atoms with van der Waals surface area (Å²) in [5.74, 6) is -1.69. The van der Waals surface area contributed by atoms with Crippen molar-refractivity contribution in [3.8, 4) is 0 Å². The number of carboxylic acids is 1. The fourth-order valence-corrected chi connectivity index (χ4v) is 1.71. The van der Waals surface area contributed by atoms with Gasteiger partial charge in [-0.1, -0.05) is 31.9 Å². The molecule has 6 heteroatoms. The number of rotatable bonds is 5. The standard InChI is InChI=1S/C13H17ClN2O3/c1-3-7(2)11(13(18)19)16-12(17)8-4-5-9(14)10(15)6-8/h4-7,11H,3,15H2,1-2H3,(H,16,17)(H,18,19)/t7?,11-/m0/s1. The van der Waals surface area contributed by atoms with E-state index in [4.69, 9.17) is 22.4 Å². The first-order chi connectivity index (χ1) is 8.86. The summed E-state index contributed by atoms with van der Waals surface area (Å²) >= 11 is 5.76. The zero-order chi connectivity index (χ0) is 14.6. The fraction of sp³-hybridized carbons (Fsp3) is 0.385. The second-order valence-corrected chi connectivity index (χ2v) is 4.82. The van der Waals surface area contributed by atoms with Crippen LogP contribution >= 0.6 is 11.6 Å². The maximum absolute atomic E-state index is 12.0. The molecular weight excluding hydrogens is 268 g/mol. The Kier molecular flexibility index (Phi) is 5.18. The van der Waals surface area contributed by atoms with Gasteiger partial charge in [-0.3, -0.25) is 4.79 Å². The third-order valence-corrected chi connectivity index (χ3v) is 3.37. The van der Waals surface area contributed by atoms with Crippen LogP contribution in [0.5, 0.6) is 0 Å². The van der Waals surface area contributed by atoms with Crippen LogP contribution in [0, 0.1) is 5.92 Å². The van der Waals surface area contributed by atoms with E-state index in [0.29, 0.717) is 11.4 Å². The lowest BCUT2D eigenvalue weighted by atomic mass is 9.99. The number of hydrogen-bond acceptors (Lipinski definition) is 3. The minimum absolute atomic E-state index is 0.161. The molecule has 104 valence electrons. The van der Waals surface area contributed by atoms with Crippen LogP contribution in [0.25, 0.3) is 0 Å². The summed E-state index contributed by atoms with van der Waals surface area (Å²) in [7, 11) is 0. The Morgan fingerprint density at radius 3 is 2.58 bits per heavy atom. The van der Waals surface area contributed by atoms with E-state index in [-0.39, 0.29) is 17.2 Å². The molecule has 5 nitrogen and oxygen atoms in total. The third-order valence-electron chi connectivity index (χ3n) is 3.02. The highest BCUT2D eigenvalue weighted by atomic mass is 35.5. The molecule has 0 aliphatic rings. The summed E-state index contributed by atoms with van der Waals surface area (Å²) < 4.78 is 0. The van der Waals surface area contributed by atoms with Crippen molar-refractivity contribution in [2.45, 2.75) is 26.3 Å². The Balaban J connectivity index is 2.87. The summed E-state index contributed by atoms with van der Waals surface area (Å²) in [6.07, 6.45) is 0.653. The fourth-order valence-electron chi connectivity index (χ4n) is 1.59. The van der Waals surface area contributed by atoms with Crippen LogP contribution in [0.4, 0.5) is 5.69 Å². The topological polar surface area (TPSA) is 92.4 Å². The molecule has 1 aromatic carbocycles. The molecule has 4 N–H and O–H groups in total. The monoisotopic (exact) mass is 284 g/mol. The number of benzene rings is 1. The summed E-state index contributed by atoms with van der Waals surface area (Å²) in [4.78, 5) is 23.1. The Morgan fingerprint density at radius 2 is 2.11 bits per heavy atom. The van der Waals surface area contributed by atoms with E-state index in [1.54, 1.807) is 6.92 Å². The Bertz CT molecular complexity index is 491. The van der Waals surface area contributed by atoms with Gasteiger partial charge in [0.25, 0.3) is 5.91 Å². The number of carboxylic acid groups (broad SMARTS) is 1. The second kappa shape index (κ2) is 6.43. The predicted molar refractivity (Wildman–Crippen MR) is 74.2 cm³/mol.